The monoisotopic (exact) mass is 227 g/mol. The van der Waals surface area contributed by atoms with Crippen LogP contribution in [0, 0.1) is 6.92 Å². The number of nitrogens with zero attached hydrogens (tertiary/aromatic N) is 1. The second-order valence-electron chi connectivity index (χ2n) is 4.08. The average Bonchev–Trinajstić information content (AvgIpc) is 2.69. The van der Waals surface area contributed by atoms with E-state index in [0.29, 0.717) is 16.8 Å². The van der Waals surface area contributed by atoms with Gasteiger partial charge in [-0.15, -0.1) is 0 Å². The van der Waals surface area contributed by atoms with Crippen molar-refractivity contribution in [3.8, 4) is 0 Å². The van der Waals surface area contributed by atoms with Gasteiger partial charge >= 0.3 is 0 Å². The van der Waals surface area contributed by atoms with Crippen LogP contribution in [0.5, 0.6) is 0 Å². The third-order valence-corrected chi connectivity index (χ3v) is 2.71. The number of hydrogen-bond donors (Lipinski definition) is 0. The van der Waals surface area contributed by atoms with Gasteiger partial charge in [0.1, 0.15) is 0 Å². The highest BCUT2D eigenvalue weighted by Gasteiger charge is 2.12. The van der Waals surface area contributed by atoms with Gasteiger partial charge < -0.3 is 4.57 Å². The maximum Gasteiger partial charge on any atom is 0.194 e. The molecule has 1 aromatic carbocycles. The molecule has 17 heavy (non-hydrogen) atoms. The van der Waals surface area contributed by atoms with Gasteiger partial charge in [0.05, 0.1) is 5.69 Å². The first-order valence-electron chi connectivity index (χ1n) is 5.34. The number of carbonyl (C=O) groups excluding carboxylic acids is 2. The van der Waals surface area contributed by atoms with Crippen molar-refractivity contribution in [3.05, 3.63) is 58.9 Å². The van der Waals surface area contributed by atoms with Crippen LogP contribution in [-0.4, -0.2) is 16.6 Å². The Bertz CT molecular complexity index is 582. The second-order valence-corrected chi connectivity index (χ2v) is 4.08. The quantitative estimate of drug-likeness (QED) is 0.596. The van der Waals surface area contributed by atoms with Gasteiger partial charge in [0.15, 0.2) is 12.1 Å². The highest BCUT2D eigenvalue weighted by Crippen LogP contribution is 2.13. The van der Waals surface area contributed by atoms with E-state index in [1.807, 2.05) is 25.1 Å². The van der Waals surface area contributed by atoms with Gasteiger partial charge in [0, 0.05) is 24.4 Å². The minimum atomic E-state index is -0.0580. The summed E-state index contributed by atoms with van der Waals surface area (Å²) in [6.45, 7) is 1.94. The number of aromatic nitrogens is 1. The third kappa shape index (κ3) is 2.18. The largest absolute Gasteiger partial charge is 0.348 e. The van der Waals surface area contributed by atoms with Crippen LogP contribution in [0.15, 0.2) is 36.5 Å². The number of aldehydes is 1. The fourth-order valence-electron chi connectivity index (χ4n) is 1.78. The van der Waals surface area contributed by atoms with Crippen molar-refractivity contribution in [2.75, 3.05) is 0 Å². The van der Waals surface area contributed by atoms with Crippen molar-refractivity contribution in [1.29, 1.82) is 0 Å². The lowest BCUT2D eigenvalue weighted by Crippen LogP contribution is -1.99. The van der Waals surface area contributed by atoms with Crippen LogP contribution >= 0.6 is 0 Å². The molecular weight excluding hydrogens is 214 g/mol. The first-order chi connectivity index (χ1) is 8.11. The second kappa shape index (κ2) is 4.37. The van der Waals surface area contributed by atoms with Crippen LogP contribution in [0.1, 0.15) is 32.0 Å². The summed E-state index contributed by atoms with van der Waals surface area (Å²) in [5, 5.41) is 0. The standard InChI is InChI=1S/C14H13NO2/c1-10-4-3-5-11(6-10)14(17)12-7-13(9-16)15(2)8-12/h3-9H,1-2H3. The Morgan fingerprint density at radius 3 is 2.59 bits per heavy atom. The summed E-state index contributed by atoms with van der Waals surface area (Å²) in [5.41, 5.74) is 2.73. The minimum absolute atomic E-state index is 0.0580. The summed E-state index contributed by atoms with van der Waals surface area (Å²) in [7, 11) is 1.75. The molecule has 2 aromatic rings. The van der Waals surface area contributed by atoms with Crippen LogP contribution in [0.25, 0.3) is 0 Å². The van der Waals surface area contributed by atoms with E-state index >= 15 is 0 Å². The predicted molar refractivity (Wildman–Crippen MR) is 65.4 cm³/mol. The maximum absolute atomic E-state index is 12.2. The molecule has 0 amide bonds. The Labute approximate surface area is 99.7 Å². The Hall–Kier alpha value is -2.16. The molecule has 3 heteroatoms. The van der Waals surface area contributed by atoms with Crippen molar-refractivity contribution in [3.63, 3.8) is 0 Å². The fourth-order valence-corrected chi connectivity index (χ4v) is 1.78. The van der Waals surface area contributed by atoms with Crippen LogP contribution < -0.4 is 0 Å². The van der Waals surface area contributed by atoms with Crippen LogP contribution in [0.2, 0.25) is 0 Å². The van der Waals surface area contributed by atoms with Gasteiger partial charge in [-0.1, -0.05) is 23.8 Å². The number of benzene rings is 1. The van der Waals surface area contributed by atoms with E-state index < -0.39 is 0 Å². The normalized spacial score (nSPS) is 10.2. The molecule has 0 N–H and O–H groups in total. The van der Waals surface area contributed by atoms with Crippen molar-refractivity contribution >= 4 is 12.1 Å². The summed E-state index contributed by atoms with van der Waals surface area (Å²) >= 11 is 0. The lowest BCUT2D eigenvalue weighted by molar-refractivity contribution is 0.103. The van der Waals surface area contributed by atoms with Crippen molar-refractivity contribution in [2.45, 2.75) is 6.92 Å². The van der Waals surface area contributed by atoms with E-state index in [1.54, 1.807) is 29.9 Å². The number of ketones is 1. The smallest absolute Gasteiger partial charge is 0.194 e. The van der Waals surface area contributed by atoms with Crippen LogP contribution in [-0.2, 0) is 7.05 Å². The SMILES string of the molecule is Cc1cccc(C(=O)c2cc(C=O)n(C)c2)c1. The van der Waals surface area contributed by atoms with Gasteiger partial charge in [0.2, 0.25) is 0 Å². The summed E-state index contributed by atoms with van der Waals surface area (Å²) in [5.74, 6) is -0.0580. The Balaban J connectivity index is 2.40. The minimum Gasteiger partial charge on any atom is -0.348 e. The van der Waals surface area contributed by atoms with E-state index in [0.717, 1.165) is 11.8 Å². The number of rotatable bonds is 3. The fraction of sp³-hybridized carbons (Fsp3) is 0.143. The van der Waals surface area contributed by atoms with E-state index in [9.17, 15) is 9.59 Å². The molecule has 0 aliphatic rings. The van der Waals surface area contributed by atoms with Crippen LogP contribution in [0.4, 0.5) is 0 Å². The number of aryl methyl sites for hydroxylation is 2. The molecule has 0 aliphatic heterocycles. The lowest BCUT2D eigenvalue weighted by atomic mass is 10.0. The molecule has 3 nitrogen and oxygen atoms in total. The highest BCUT2D eigenvalue weighted by atomic mass is 16.1. The average molecular weight is 227 g/mol. The zero-order valence-corrected chi connectivity index (χ0v) is 9.81. The predicted octanol–water partition coefficient (Wildman–Crippen LogP) is 2.38. The van der Waals surface area contributed by atoms with E-state index in [1.165, 1.54) is 0 Å². The van der Waals surface area contributed by atoms with Crippen molar-refractivity contribution in [1.82, 2.24) is 4.57 Å². The molecular formula is C14H13NO2. The first kappa shape index (κ1) is 11.3. The molecule has 0 saturated carbocycles. The topological polar surface area (TPSA) is 39.1 Å². The van der Waals surface area contributed by atoms with E-state index in [-0.39, 0.29) is 5.78 Å². The molecule has 0 radical (unpaired) electrons. The molecule has 1 aromatic heterocycles. The van der Waals surface area contributed by atoms with Crippen molar-refractivity contribution < 1.29 is 9.59 Å². The van der Waals surface area contributed by atoms with Crippen molar-refractivity contribution in [2.24, 2.45) is 7.05 Å². The lowest BCUT2D eigenvalue weighted by Gasteiger charge is -1.99. The van der Waals surface area contributed by atoms with Gasteiger partial charge in [-0.2, -0.15) is 0 Å². The molecule has 0 aliphatic carbocycles. The zero-order valence-electron chi connectivity index (χ0n) is 9.81. The molecule has 0 spiro atoms. The third-order valence-electron chi connectivity index (χ3n) is 2.71. The summed E-state index contributed by atoms with van der Waals surface area (Å²) in [4.78, 5) is 22.9. The number of carbonyl (C=O) groups is 2. The van der Waals surface area contributed by atoms with E-state index in [2.05, 4.69) is 0 Å². The molecule has 2 rings (SSSR count). The van der Waals surface area contributed by atoms with Gasteiger partial charge in [-0.3, -0.25) is 9.59 Å². The number of hydrogen-bond acceptors (Lipinski definition) is 2. The maximum atomic E-state index is 12.2. The summed E-state index contributed by atoms with van der Waals surface area (Å²) in [6.07, 6.45) is 2.42. The van der Waals surface area contributed by atoms with E-state index in [4.69, 9.17) is 0 Å². The molecule has 1 heterocycles. The summed E-state index contributed by atoms with van der Waals surface area (Å²) < 4.78 is 1.65. The molecule has 0 atom stereocenters. The van der Waals surface area contributed by atoms with Gasteiger partial charge in [-0.25, -0.2) is 0 Å². The molecule has 0 bridgehead atoms. The molecule has 86 valence electrons. The Kier molecular flexibility index (Phi) is 2.91. The molecule has 0 fully saturated rings. The highest BCUT2D eigenvalue weighted by molar-refractivity contribution is 6.09. The van der Waals surface area contributed by atoms with Gasteiger partial charge in [-0.05, 0) is 19.1 Å². The zero-order chi connectivity index (χ0) is 12.4. The van der Waals surface area contributed by atoms with Gasteiger partial charge in [0.25, 0.3) is 0 Å². The Morgan fingerprint density at radius 2 is 2.00 bits per heavy atom. The molecule has 0 unspecified atom stereocenters. The molecule has 0 saturated heterocycles. The first-order valence-corrected chi connectivity index (χ1v) is 5.34. The Morgan fingerprint density at radius 1 is 1.24 bits per heavy atom. The van der Waals surface area contributed by atoms with Crippen LogP contribution in [0.3, 0.4) is 0 Å². The summed E-state index contributed by atoms with van der Waals surface area (Å²) in [6, 6.07) is 9.03.